The van der Waals surface area contributed by atoms with Gasteiger partial charge in [0.15, 0.2) is 0 Å². The van der Waals surface area contributed by atoms with Crippen molar-refractivity contribution in [3.63, 3.8) is 0 Å². The molecular formula is C11H15NO3. The Bertz CT molecular complexity index is 308. The van der Waals surface area contributed by atoms with Crippen molar-refractivity contribution >= 4 is 11.7 Å². The van der Waals surface area contributed by atoms with Crippen LogP contribution in [0.15, 0.2) is 24.3 Å². The summed E-state index contributed by atoms with van der Waals surface area (Å²) < 4.78 is 9.81. The molecule has 1 aromatic rings. The molecule has 1 aromatic carbocycles. The monoisotopic (exact) mass is 209 g/mol. The Morgan fingerprint density at radius 1 is 1.33 bits per heavy atom. The summed E-state index contributed by atoms with van der Waals surface area (Å²) in [5.41, 5.74) is 0.975. The minimum Gasteiger partial charge on any atom is -0.497 e. The topological polar surface area (TPSA) is 47.6 Å². The molecule has 0 unspecified atom stereocenters. The third-order valence-electron chi connectivity index (χ3n) is 1.83. The zero-order valence-corrected chi connectivity index (χ0v) is 8.95. The van der Waals surface area contributed by atoms with E-state index >= 15 is 0 Å². The van der Waals surface area contributed by atoms with Crippen LogP contribution >= 0.6 is 0 Å². The average molecular weight is 209 g/mol. The van der Waals surface area contributed by atoms with Gasteiger partial charge in [-0.15, -0.1) is 0 Å². The lowest BCUT2D eigenvalue weighted by Gasteiger charge is -2.07. The molecule has 15 heavy (non-hydrogen) atoms. The van der Waals surface area contributed by atoms with Crippen LogP contribution in [0.2, 0.25) is 0 Å². The maximum atomic E-state index is 10.5. The number of ether oxygens (including phenoxy) is 2. The van der Waals surface area contributed by atoms with E-state index in [1.807, 2.05) is 24.3 Å². The van der Waals surface area contributed by atoms with Crippen LogP contribution in [0.4, 0.5) is 5.69 Å². The zero-order chi connectivity index (χ0) is 11.1. The average Bonchev–Trinajstić information content (AvgIpc) is 2.25. The van der Waals surface area contributed by atoms with Crippen LogP contribution in [0.25, 0.3) is 0 Å². The van der Waals surface area contributed by atoms with Gasteiger partial charge in [0.25, 0.3) is 0 Å². The van der Waals surface area contributed by atoms with Crippen LogP contribution in [0, 0.1) is 0 Å². The summed E-state index contributed by atoms with van der Waals surface area (Å²) in [7, 11) is 1.63. The van der Waals surface area contributed by atoms with Gasteiger partial charge in [0.1, 0.15) is 12.4 Å². The summed E-state index contributed by atoms with van der Waals surface area (Å²) in [6.07, 6.45) is 0. The highest BCUT2D eigenvalue weighted by atomic mass is 16.5. The molecule has 0 aliphatic heterocycles. The second-order valence-corrected chi connectivity index (χ2v) is 3.00. The Morgan fingerprint density at radius 3 is 2.53 bits per heavy atom. The van der Waals surface area contributed by atoms with Gasteiger partial charge < -0.3 is 14.8 Å². The number of carbonyl (C=O) groups excluding carboxylic acids is 1. The van der Waals surface area contributed by atoms with Crippen molar-refractivity contribution in [2.75, 3.05) is 25.6 Å². The molecule has 0 aromatic heterocycles. The Morgan fingerprint density at radius 2 is 2.00 bits per heavy atom. The first kappa shape index (κ1) is 11.4. The van der Waals surface area contributed by atoms with Crippen molar-refractivity contribution in [2.24, 2.45) is 0 Å². The van der Waals surface area contributed by atoms with Crippen molar-refractivity contribution in [3.05, 3.63) is 24.3 Å². The lowest BCUT2D eigenvalue weighted by molar-refractivity contribution is -0.140. The standard InChI is InChI=1S/C11H15NO3/c1-9(13)15-8-7-12-10-3-5-11(14-2)6-4-10/h3-6,12H,7-8H2,1-2H3. The Kier molecular flexibility index (Phi) is 4.47. The van der Waals surface area contributed by atoms with Gasteiger partial charge in [-0.05, 0) is 24.3 Å². The molecule has 0 radical (unpaired) electrons. The number of anilines is 1. The first-order chi connectivity index (χ1) is 7.22. The van der Waals surface area contributed by atoms with Crippen LogP contribution in [-0.4, -0.2) is 26.2 Å². The number of benzene rings is 1. The second-order valence-electron chi connectivity index (χ2n) is 3.00. The first-order valence-corrected chi connectivity index (χ1v) is 4.73. The van der Waals surface area contributed by atoms with E-state index in [9.17, 15) is 4.79 Å². The van der Waals surface area contributed by atoms with E-state index in [1.54, 1.807) is 7.11 Å². The number of methoxy groups -OCH3 is 1. The number of hydrogen-bond acceptors (Lipinski definition) is 4. The Labute approximate surface area is 89.2 Å². The van der Waals surface area contributed by atoms with Gasteiger partial charge in [-0.1, -0.05) is 0 Å². The summed E-state index contributed by atoms with van der Waals surface area (Å²) in [6, 6.07) is 7.56. The zero-order valence-electron chi connectivity index (χ0n) is 8.95. The van der Waals surface area contributed by atoms with Crippen molar-refractivity contribution < 1.29 is 14.3 Å². The van der Waals surface area contributed by atoms with Gasteiger partial charge in [0, 0.05) is 19.2 Å². The summed E-state index contributed by atoms with van der Waals surface area (Å²) in [5, 5.41) is 3.12. The van der Waals surface area contributed by atoms with Crippen molar-refractivity contribution in [1.82, 2.24) is 0 Å². The minimum absolute atomic E-state index is 0.258. The highest BCUT2D eigenvalue weighted by molar-refractivity contribution is 5.65. The molecule has 0 saturated carbocycles. The molecule has 0 aliphatic carbocycles. The van der Waals surface area contributed by atoms with Gasteiger partial charge in [0.05, 0.1) is 7.11 Å². The lowest BCUT2D eigenvalue weighted by Crippen LogP contribution is -2.11. The van der Waals surface area contributed by atoms with Gasteiger partial charge in [-0.25, -0.2) is 0 Å². The summed E-state index contributed by atoms with van der Waals surface area (Å²) in [6.45, 7) is 2.38. The molecule has 0 bridgehead atoms. The predicted octanol–water partition coefficient (Wildman–Crippen LogP) is 1.67. The van der Waals surface area contributed by atoms with E-state index in [1.165, 1.54) is 6.92 Å². The van der Waals surface area contributed by atoms with Crippen molar-refractivity contribution in [3.8, 4) is 5.75 Å². The predicted molar refractivity (Wildman–Crippen MR) is 58.1 cm³/mol. The summed E-state index contributed by atoms with van der Waals surface area (Å²) in [4.78, 5) is 10.5. The molecule has 1 rings (SSSR count). The molecule has 0 amide bonds. The normalized spacial score (nSPS) is 9.47. The number of carbonyl (C=O) groups is 1. The second kappa shape index (κ2) is 5.90. The third kappa shape index (κ3) is 4.35. The SMILES string of the molecule is COc1ccc(NCCOC(C)=O)cc1. The van der Waals surface area contributed by atoms with E-state index in [4.69, 9.17) is 9.47 Å². The first-order valence-electron chi connectivity index (χ1n) is 4.73. The molecule has 4 nitrogen and oxygen atoms in total. The van der Waals surface area contributed by atoms with Crippen LogP contribution < -0.4 is 10.1 Å². The quantitative estimate of drug-likeness (QED) is 0.592. The molecule has 0 saturated heterocycles. The van der Waals surface area contributed by atoms with Gasteiger partial charge in [-0.3, -0.25) is 4.79 Å². The number of hydrogen-bond donors (Lipinski definition) is 1. The maximum absolute atomic E-state index is 10.5. The van der Waals surface area contributed by atoms with Gasteiger partial charge >= 0.3 is 5.97 Å². The molecule has 1 N–H and O–H groups in total. The van der Waals surface area contributed by atoms with Crippen molar-refractivity contribution in [2.45, 2.75) is 6.92 Å². The summed E-state index contributed by atoms with van der Waals surface area (Å²) in [5.74, 6) is 0.562. The molecule has 0 fully saturated rings. The highest BCUT2D eigenvalue weighted by Gasteiger charge is 1.94. The fourth-order valence-corrected chi connectivity index (χ4v) is 1.10. The fraction of sp³-hybridized carbons (Fsp3) is 0.364. The van der Waals surface area contributed by atoms with Crippen LogP contribution in [-0.2, 0) is 9.53 Å². The minimum atomic E-state index is -0.258. The lowest BCUT2D eigenvalue weighted by atomic mass is 10.3. The number of nitrogens with one attached hydrogen (secondary N) is 1. The van der Waals surface area contributed by atoms with Gasteiger partial charge in [-0.2, -0.15) is 0 Å². The van der Waals surface area contributed by atoms with Crippen LogP contribution in [0.5, 0.6) is 5.75 Å². The fourth-order valence-electron chi connectivity index (χ4n) is 1.10. The molecular weight excluding hydrogens is 194 g/mol. The molecule has 0 aliphatic rings. The Balaban J connectivity index is 2.28. The van der Waals surface area contributed by atoms with E-state index in [0.717, 1.165) is 11.4 Å². The third-order valence-corrected chi connectivity index (χ3v) is 1.83. The summed E-state index contributed by atoms with van der Waals surface area (Å²) >= 11 is 0. The smallest absolute Gasteiger partial charge is 0.302 e. The maximum Gasteiger partial charge on any atom is 0.302 e. The molecule has 82 valence electrons. The molecule has 0 atom stereocenters. The van der Waals surface area contributed by atoms with E-state index < -0.39 is 0 Å². The largest absolute Gasteiger partial charge is 0.497 e. The molecule has 4 heteroatoms. The van der Waals surface area contributed by atoms with E-state index in [2.05, 4.69) is 5.32 Å². The van der Waals surface area contributed by atoms with E-state index in [-0.39, 0.29) is 5.97 Å². The van der Waals surface area contributed by atoms with E-state index in [0.29, 0.717) is 13.2 Å². The number of esters is 1. The Hall–Kier alpha value is -1.71. The van der Waals surface area contributed by atoms with Gasteiger partial charge in [0.2, 0.25) is 0 Å². The molecule has 0 heterocycles. The van der Waals surface area contributed by atoms with Crippen LogP contribution in [0.3, 0.4) is 0 Å². The number of rotatable bonds is 5. The molecule has 0 spiro atoms. The highest BCUT2D eigenvalue weighted by Crippen LogP contribution is 2.14. The van der Waals surface area contributed by atoms with Crippen molar-refractivity contribution in [1.29, 1.82) is 0 Å². The van der Waals surface area contributed by atoms with Crippen LogP contribution in [0.1, 0.15) is 6.92 Å².